The van der Waals surface area contributed by atoms with Crippen LogP contribution >= 0.6 is 0 Å². The van der Waals surface area contributed by atoms with E-state index in [0.717, 1.165) is 16.8 Å². The lowest BCUT2D eigenvalue weighted by atomic mass is 10.0. The first-order valence-electron chi connectivity index (χ1n) is 13.0. The van der Waals surface area contributed by atoms with Crippen molar-refractivity contribution in [3.63, 3.8) is 0 Å². The Labute approximate surface area is 232 Å². The maximum atomic E-state index is 11.2. The second kappa shape index (κ2) is 16.7. The summed E-state index contributed by atoms with van der Waals surface area (Å²) in [5.41, 5.74) is 4.93. The standard InChI is InChI=1S/3C10H14N2O/c1-7(2)8-4-9(6-12-5-8)10(13)11-3;1-7(2)9-6-8(4-5-12-9)10(13)11-3;1-7(2)8-4-5-12-9(6-8)10(13)11-3/h3*4-7H,1-3H3,(H,11,13). The summed E-state index contributed by atoms with van der Waals surface area (Å²) >= 11 is 0. The maximum Gasteiger partial charge on any atom is 0.269 e. The molecule has 39 heavy (non-hydrogen) atoms. The second-order valence-electron chi connectivity index (χ2n) is 9.65. The van der Waals surface area contributed by atoms with Gasteiger partial charge in [0.2, 0.25) is 0 Å². The van der Waals surface area contributed by atoms with Gasteiger partial charge >= 0.3 is 0 Å². The highest BCUT2D eigenvalue weighted by Crippen LogP contribution is 2.15. The molecule has 9 nitrogen and oxygen atoms in total. The normalized spacial score (nSPS) is 10.2. The number of hydrogen-bond donors (Lipinski definition) is 3. The van der Waals surface area contributed by atoms with Gasteiger partial charge in [-0.2, -0.15) is 0 Å². The molecule has 3 heterocycles. The summed E-state index contributed by atoms with van der Waals surface area (Å²) in [5, 5.41) is 7.70. The first-order chi connectivity index (χ1) is 18.4. The van der Waals surface area contributed by atoms with Gasteiger partial charge in [0.25, 0.3) is 17.7 Å². The minimum Gasteiger partial charge on any atom is -0.355 e. The summed E-state index contributed by atoms with van der Waals surface area (Å²) in [6.07, 6.45) is 6.70. The summed E-state index contributed by atoms with van der Waals surface area (Å²) < 4.78 is 0. The maximum absolute atomic E-state index is 11.2. The Morgan fingerprint density at radius 3 is 1.72 bits per heavy atom. The topological polar surface area (TPSA) is 126 Å². The molecule has 0 atom stereocenters. The molecule has 0 aliphatic heterocycles. The number of rotatable bonds is 6. The summed E-state index contributed by atoms with van der Waals surface area (Å²) in [6, 6.07) is 9.16. The smallest absolute Gasteiger partial charge is 0.269 e. The molecule has 3 N–H and O–H groups in total. The summed E-state index contributed by atoms with van der Waals surface area (Å²) in [7, 11) is 4.84. The third kappa shape index (κ3) is 11.0. The van der Waals surface area contributed by atoms with Crippen LogP contribution in [0.5, 0.6) is 0 Å². The summed E-state index contributed by atoms with van der Waals surface area (Å²) in [4.78, 5) is 45.9. The minimum atomic E-state index is -0.137. The molecular weight excluding hydrogens is 492 g/mol. The molecule has 3 amide bonds. The number of nitrogens with one attached hydrogen (secondary N) is 3. The van der Waals surface area contributed by atoms with Gasteiger partial charge in [-0.1, -0.05) is 41.5 Å². The van der Waals surface area contributed by atoms with Gasteiger partial charge in [-0.25, -0.2) is 0 Å². The van der Waals surface area contributed by atoms with Gasteiger partial charge in [-0.3, -0.25) is 29.3 Å². The number of carbonyl (C=O) groups is 3. The lowest BCUT2D eigenvalue weighted by Crippen LogP contribution is -2.19. The Kier molecular flexibility index (Phi) is 14.0. The van der Waals surface area contributed by atoms with Gasteiger partial charge in [-0.15, -0.1) is 0 Å². The molecule has 3 aromatic rings. The second-order valence-corrected chi connectivity index (χ2v) is 9.65. The molecule has 0 fully saturated rings. The number of hydrogen-bond acceptors (Lipinski definition) is 6. The van der Waals surface area contributed by atoms with Gasteiger partial charge in [0, 0.05) is 57.2 Å². The van der Waals surface area contributed by atoms with Crippen LogP contribution in [-0.4, -0.2) is 53.8 Å². The van der Waals surface area contributed by atoms with Crippen LogP contribution in [0.4, 0.5) is 0 Å². The molecule has 0 aliphatic carbocycles. The number of nitrogens with zero attached hydrogens (tertiary/aromatic N) is 3. The lowest BCUT2D eigenvalue weighted by molar-refractivity contribution is 0.0951. The van der Waals surface area contributed by atoms with Crippen molar-refractivity contribution >= 4 is 17.7 Å². The number of amides is 3. The van der Waals surface area contributed by atoms with Crippen LogP contribution in [0.3, 0.4) is 0 Å². The molecule has 3 rings (SSSR count). The number of carbonyl (C=O) groups excluding carboxylic acids is 3. The van der Waals surface area contributed by atoms with E-state index >= 15 is 0 Å². The van der Waals surface area contributed by atoms with Crippen molar-refractivity contribution in [1.82, 2.24) is 30.9 Å². The molecule has 3 aromatic heterocycles. The Bertz CT molecular complexity index is 1070. The zero-order valence-electron chi connectivity index (χ0n) is 24.5. The molecule has 0 aromatic carbocycles. The van der Waals surface area contributed by atoms with Crippen molar-refractivity contribution in [2.75, 3.05) is 21.1 Å². The number of pyridine rings is 3. The molecule has 0 aliphatic rings. The van der Waals surface area contributed by atoms with Crippen molar-refractivity contribution in [3.05, 3.63) is 88.8 Å². The van der Waals surface area contributed by atoms with E-state index in [9.17, 15) is 14.4 Å². The molecule has 0 spiro atoms. The van der Waals surface area contributed by atoms with E-state index in [-0.39, 0.29) is 17.7 Å². The van der Waals surface area contributed by atoms with E-state index < -0.39 is 0 Å². The fraction of sp³-hybridized carbons (Fsp3) is 0.400. The molecule has 0 bridgehead atoms. The molecule has 0 saturated carbocycles. The van der Waals surface area contributed by atoms with Gasteiger partial charge in [0.15, 0.2) is 0 Å². The average molecular weight is 535 g/mol. The highest BCUT2D eigenvalue weighted by Gasteiger charge is 2.08. The number of aromatic nitrogens is 3. The molecule has 0 unspecified atom stereocenters. The molecule has 0 radical (unpaired) electrons. The van der Waals surface area contributed by atoms with E-state index in [4.69, 9.17) is 0 Å². The van der Waals surface area contributed by atoms with E-state index in [0.29, 0.717) is 34.6 Å². The van der Waals surface area contributed by atoms with Crippen molar-refractivity contribution in [2.45, 2.75) is 59.3 Å². The van der Waals surface area contributed by atoms with Crippen LogP contribution in [0.25, 0.3) is 0 Å². The van der Waals surface area contributed by atoms with Gasteiger partial charge < -0.3 is 16.0 Å². The van der Waals surface area contributed by atoms with E-state index in [2.05, 4.69) is 72.4 Å². The third-order valence-corrected chi connectivity index (χ3v) is 5.69. The molecule has 0 saturated heterocycles. The van der Waals surface area contributed by atoms with Gasteiger partial charge in [0.05, 0.1) is 5.56 Å². The van der Waals surface area contributed by atoms with Crippen molar-refractivity contribution in [2.24, 2.45) is 0 Å². The van der Waals surface area contributed by atoms with Crippen LogP contribution in [0, 0.1) is 0 Å². The highest BCUT2D eigenvalue weighted by atomic mass is 16.2. The summed E-state index contributed by atoms with van der Waals surface area (Å²) in [6.45, 7) is 12.4. The largest absolute Gasteiger partial charge is 0.355 e. The third-order valence-electron chi connectivity index (χ3n) is 5.69. The first-order valence-corrected chi connectivity index (χ1v) is 13.0. The molecule has 210 valence electrons. The Balaban J connectivity index is 0.000000292. The van der Waals surface area contributed by atoms with Crippen LogP contribution < -0.4 is 16.0 Å². The quantitative estimate of drug-likeness (QED) is 0.421. The molecular formula is C30H42N6O3. The SMILES string of the molecule is CNC(=O)c1cc(C(C)C)ccn1.CNC(=O)c1ccnc(C(C)C)c1.CNC(=O)c1cncc(C(C)C)c1. The fourth-order valence-corrected chi connectivity index (χ4v) is 3.15. The predicted octanol–water partition coefficient (Wildman–Crippen LogP) is 4.69. The van der Waals surface area contributed by atoms with E-state index in [1.54, 1.807) is 52.0 Å². The average Bonchev–Trinajstić information content (AvgIpc) is 2.96. The van der Waals surface area contributed by atoms with Crippen molar-refractivity contribution < 1.29 is 14.4 Å². The van der Waals surface area contributed by atoms with Gasteiger partial charge in [-0.05, 0) is 59.2 Å². The first kappa shape index (κ1) is 32.9. The Morgan fingerprint density at radius 1 is 0.615 bits per heavy atom. The Morgan fingerprint density at radius 2 is 1.18 bits per heavy atom. The van der Waals surface area contributed by atoms with Gasteiger partial charge in [0.1, 0.15) is 5.69 Å². The predicted molar refractivity (Wildman–Crippen MR) is 155 cm³/mol. The van der Waals surface area contributed by atoms with E-state index in [1.165, 1.54) is 0 Å². The Hall–Kier alpha value is -4.14. The zero-order valence-corrected chi connectivity index (χ0v) is 24.5. The van der Waals surface area contributed by atoms with Crippen molar-refractivity contribution in [1.29, 1.82) is 0 Å². The minimum absolute atomic E-state index is 0.0655. The fourth-order valence-electron chi connectivity index (χ4n) is 3.15. The zero-order chi connectivity index (χ0) is 29.5. The van der Waals surface area contributed by atoms with Crippen LogP contribution in [0.2, 0.25) is 0 Å². The molecule has 9 heteroatoms. The lowest BCUT2D eigenvalue weighted by Gasteiger charge is -2.05. The summed E-state index contributed by atoms with van der Waals surface area (Å²) in [5.74, 6) is 0.884. The van der Waals surface area contributed by atoms with Crippen LogP contribution in [0.15, 0.2) is 55.1 Å². The highest BCUT2D eigenvalue weighted by molar-refractivity contribution is 5.94. The van der Waals surface area contributed by atoms with Crippen molar-refractivity contribution in [3.8, 4) is 0 Å². The van der Waals surface area contributed by atoms with Crippen LogP contribution in [-0.2, 0) is 0 Å². The monoisotopic (exact) mass is 534 g/mol. The van der Waals surface area contributed by atoms with Crippen LogP contribution in [0.1, 0.15) is 107 Å². The van der Waals surface area contributed by atoms with E-state index in [1.807, 2.05) is 24.3 Å².